The maximum absolute atomic E-state index is 12.6. The Morgan fingerprint density at radius 2 is 1.86 bits per heavy atom. The maximum Gasteiger partial charge on any atom is 0.263 e. The fraction of sp³-hybridized carbons (Fsp3) is 0.294. The molecular formula is C17H19F2NO. The van der Waals surface area contributed by atoms with E-state index in [2.05, 4.69) is 12.2 Å². The fourth-order valence-electron chi connectivity index (χ4n) is 1.93. The van der Waals surface area contributed by atoms with E-state index in [9.17, 15) is 8.78 Å². The SMILES string of the molecule is CCCOc1ccc(NCc2cccc(C(F)F)c2)cc1. The summed E-state index contributed by atoms with van der Waals surface area (Å²) in [6.07, 6.45) is -1.46. The van der Waals surface area contributed by atoms with Gasteiger partial charge in [-0.15, -0.1) is 0 Å². The highest BCUT2D eigenvalue weighted by Crippen LogP contribution is 2.20. The quantitative estimate of drug-likeness (QED) is 0.773. The molecular weight excluding hydrogens is 272 g/mol. The molecule has 0 unspecified atom stereocenters. The number of anilines is 1. The Kier molecular flexibility index (Phi) is 5.55. The first-order chi connectivity index (χ1) is 10.2. The second kappa shape index (κ2) is 7.62. The minimum Gasteiger partial charge on any atom is -0.494 e. The average molecular weight is 291 g/mol. The molecule has 0 radical (unpaired) electrons. The smallest absolute Gasteiger partial charge is 0.263 e. The van der Waals surface area contributed by atoms with E-state index in [1.54, 1.807) is 6.07 Å². The molecule has 0 amide bonds. The van der Waals surface area contributed by atoms with E-state index in [0.29, 0.717) is 13.2 Å². The number of alkyl halides is 2. The van der Waals surface area contributed by atoms with Crippen LogP contribution in [0.2, 0.25) is 0 Å². The van der Waals surface area contributed by atoms with E-state index in [1.807, 2.05) is 30.3 Å². The zero-order valence-electron chi connectivity index (χ0n) is 12.0. The molecule has 0 aliphatic heterocycles. The fourth-order valence-corrected chi connectivity index (χ4v) is 1.93. The number of rotatable bonds is 7. The third-order valence-electron chi connectivity index (χ3n) is 3.03. The molecule has 112 valence electrons. The van der Waals surface area contributed by atoms with Crippen molar-refractivity contribution in [2.75, 3.05) is 11.9 Å². The Hall–Kier alpha value is -2.10. The first kappa shape index (κ1) is 15.3. The van der Waals surface area contributed by atoms with E-state index in [-0.39, 0.29) is 5.56 Å². The van der Waals surface area contributed by atoms with Gasteiger partial charge in [-0.25, -0.2) is 8.78 Å². The minimum atomic E-state index is -2.43. The topological polar surface area (TPSA) is 21.3 Å². The van der Waals surface area contributed by atoms with E-state index < -0.39 is 6.43 Å². The summed E-state index contributed by atoms with van der Waals surface area (Å²) in [5.74, 6) is 0.835. The van der Waals surface area contributed by atoms with Crippen LogP contribution in [0.3, 0.4) is 0 Å². The summed E-state index contributed by atoms with van der Waals surface area (Å²) in [6.45, 7) is 3.27. The van der Waals surface area contributed by atoms with Crippen LogP contribution < -0.4 is 10.1 Å². The Morgan fingerprint density at radius 1 is 1.10 bits per heavy atom. The Labute approximate surface area is 123 Å². The summed E-state index contributed by atoms with van der Waals surface area (Å²) in [5, 5.41) is 3.21. The van der Waals surface area contributed by atoms with Crippen molar-refractivity contribution in [2.45, 2.75) is 26.3 Å². The number of nitrogens with one attached hydrogen (secondary N) is 1. The number of ether oxygens (including phenoxy) is 1. The van der Waals surface area contributed by atoms with Gasteiger partial charge in [-0.1, -0.05) is 25.1 Å². The highest BCUT2D eigenvalue weighted by Gasteiger charge is 2.06. The summed E-state index contributed by atoms with van der Waals surface area (Å²) >= 11 is 0. The van der Waals surface area contributed by atoms with Crippen molar-refractivity contribution < 1.29 is 13.5 Å². The third kappa shape index (κ3) is 4.74. The van der Waals surface area contributed by atoms with Crippen LogP contribution in [0.25, 0.3) is 0 Å². The van der Waals surface area contributed by atoms with Gasteiger partial charge in [0.1, 0.15) is 5.75 Å². The summed E-state index contributed by atoms with van der Waals surface area (Å²) < 4.78 is 30.7. The van der Waals surface area contributed by atoms with Crippen molar-refractivity contribution in [2.24, 2.45) is 0 Å². The number of hydrogen-bond acceptors (Lipinski definition) is 2. The second-order valence-electron chi connectivity index (χ2n) is 4.77. The molecule has 0 heterocycles. The highest BCUT2D eigenvalue weighted by atomic mass is 19.3. The van der Waals surface area contributed by atoms with Crippen molar-refractivity contribution in [3.05, 3.63) is 59.7 Å². The molecule has 2 aromatic rings. The van der Waals surface area contributed by atoms with Crippen LogP contribution in [0.4, 0.5) is 14.5 Å². The summed E-state index contributed by atoms with van der Waals surface area (Å²) in [6, 6.07) is 14.1. The van der Waals surface area contributed by atoms with Crippen LogP contribution in [-0.4, -0.2) is 6.61 Å². The van der Waals surface area contributed by atoms with Crippen molar-refractivity contribution in [1.29, 1.82) is 0 Å². The van der Waals surface area contributed by atoms with Crippen LogP contribution in [0, 0.1) is 0 Å². The third-order valence-corrected chi connectivity index (χ3v) is 3.03. The van der Waals surface area contributed by atoms with Crippen LogP contribution in [0.5, 0.6) is 5.75 Å². The van der Waals surface area contributed by atoms with Crippen molar-refractivity contribution in [3.8, 4) is 5.75 Å². The normalized spacial score (nSPS) is 10.7. The Balaban J connectivity index is 1.92. The molecule has 2 aromatic carbocycles. The molecule has 0 bridgehead atoms. The van der Waals surface area contributed by atoms with Gasteiger partial charge in [-0.2, -0.15) is 0 Å². The van der Waals surface area contributed by atoms with E-state index in [4.69, 9.17) is 4.74 Å². The molecule has 0 fully saturated rings. The van der Waals surface area contributed by atoms with Crippen molar-refractivity contribution in [1.82, 2.24) is 0 Å². The lowest BCUT2D eigenvalue weighted by atomic mass is 10.1. The average Bonchev–Trinajstić information content (AvgIpc) is 2.52. The van der Waals surface area contributed by atoms with Gasteiger partial charge in [0, 0.05) is 17.8 Å². The molecule has 0 aliphatic carbocycles. The highest BCUT2D eigenvalue weighted by molar-refractivity contribution is 5.47. The van der Waals surface area contributed by atoms with E-state index >= 15 is 0 Å². The van der Waals surface area contributed by atoms with E-state index in [1.165, 1.54) is 12.1 Å². The second-order valence-corrected chi connectivity index (χ2v) is 4.77. The van der Waals surface area contributed by atoms with Gasteiger partial charge >= 0.3 is 0 Å². The predicted molar refractivity (Wildman–Crippen MR) is 81.0 cm³/mol. The minimum absolute atomic E-state index is 0.0533. The molecule has 0 aliphatic rings. The molecule has 0 spiro atoms. The van der Waals surface area contributed by atoms with Crippen LogP contribution >= 0.6 is 0 Å². The predicted octanol–water partition coefficient (Wildman–Crippen LogP) is 5.03. The lowest BCUT2D eigenvalue weighted by molar-refractivity contribution is 0.151. The van der Waals surface area contributed by atoms with Gasteiger partial charge < -0.3 is 10.1 Å². The van der Waals surface area contributed by atoms with Gasteiger partial charge in [0.15, 0.2) is 0 Å². The lowest BCUT2D eigenvalue weighted by Crippen LogP contribution is -2.00. The molecule has 4 heteroatoms. The van der Waals surface area contributed by atoms with E-state index in [0.717, 1.165) is 23.4 Å². The summed E-state index contributed by atoms with van der Waals surface area (Å²) in [7, 11) is 0. The monoisotopic (exact) mass is 291 g/mol. The van der Waals surface area contributed by atoms with Gasteiger partial charge in [-0.05, 0) is 42.3 Å². The largest absolute Gasteiger partial charge is 0.494 e. The van der Waals surface area contributed by atoms with Crippen molar-refractivity contribution >= 4 is 5.69 Å². The standard InChI is InChI=1S/C17H19F2NO/c1-2-10-21-16-8-6-15(7-9-16)20-12-13-4-3-5-14(11-13)17(18)19/h3-9,11,17,20H,2,10,12H2,1H3. The number of hydrogen-bond donors (Lipinski definition) is 1. The molecule has 0 aromatic heterocycles. The van der Waals surface area contributed by atoms with Gasteiger partial charge in [0.2, 0.25) is 0 Å². The molecule has 2 nitrogen and oxygen atoms in total. The van der Waals surface area contributed by atoms with Crippen molar-refractivity contribution in [3.63, 3.8) is 0 Å². The molecule has 0 atom stereocenters. The summed E-state index contributed by atoms with van der Waals surface area (Å²) in [5.41, 5.74) is 1.82. The van der Waals surface area contributed by atoms with Crippen LogP contribution in [-0.2, 0) is 6.54 Å². The summed E-state index contributed by atoms with van der Waals surface area (Å²) in [4.78, 5) is 0. The molecule has 1 N–H and O–H groups in total. The Morgan fingerprint density at radius 3 is 2.52 bits per heavy atom. The van der Waals surface area contributed by atoms with Gasteiger partial charge in [0.05, 0.1) is 6.61 Å². The molecule has 2 rings (SSSR count). The maximum atomic E-state index is 12.6. The van der Waals surface area contributed by atoms with Gasteiger partial charge in [0.25, 0.3) is 6.43 Å². The Bertz CT molecular complexity index is 555. The zero-order valence-corrected chi connectivity index (χ0v) is 12.0. The van der Waals surface area contributed by atoms with Crippen LogP contribution in [0.15, 0.2) is 48.5 Å². The lowest BCUT2D eigenvalue weighted by Gasteiger charge is -2.09. The zero-order chi connectivity index (χ0) is 15.1. The van der Waals surface area contributed by atoms with Crippen LogP contribution in [0.1, 0.15) is 30.9 Å². The first-order valence-corrected chi connectivity index (χ1v) is 7.02. The molecule has 0 saturated heterocycles. The molecule has 21 heavy (non-hydrogen) atoms. The molecule has 0 saturated carbocycles. The van der Waals surface area contributed by atoms with Gasteiger partial charge in [-0.3, -0.25) is 0 Å². The number of halogens is 2. The first-order valence-electron chi connectivity index (χ1n) is 7.02. The number of benzene rings is 2.